The van der Waals surface area contributed by atoms with Gasteiger partial charge in [0.15, 0.2) is 0 Å². The molecule has 0 bridgehead atoms. The van der Waals surface area contributed by atoms with E-state index < -0.39 is 0 Å². The molecule has 2 aromatic rings. The second kappa shape index (κ2) is 5.59. The summed E-state index contributed by atoms with van der Waals surface area (Å²) in [6.45, 7) is 1.75. The van der Waals surface area contributed by atoms with Gasteiger partial charge in [-0.05, 0) is 53.2 Å². The minimum atomic E-state index is -0.324. The summed E-state index contributed by atoms with van der Waals surface area (Å²) < 4.78 is 0.536. The van der Waals surface area contributed by atoms with Crippen LogP contribution in [0.15, 0.2) is 34.8 Å². The number of hydrogen-bond acceptors (Lipinski definition) is 3. The predicted molar refractivity (Wildman–Crippen MR) is 77.7 cm³/mol. The van der Waals surface area contributed by atoms with Crippen LogP contribution in [-0.4, -0.2) is 16.0 Å². The minimum absolute atomic E-state index is 0.0126. The lowest BCUT2D eigenvalue weighted by atomic mass is 10.2. The highest BCUT2D eigenvalue weighted by Crippen LogP contribution is 2.25. The first kappa shape index (κ1) is 13.8. The number of aryl methyl sites for hydroxylation is 1. The van der Waals surface area contributed by atoms with E-state index in [0.717, 1.165) is 0 Å². The Morgan fingerprint density at radius 2 is 2.11 bits per heavy atom. The zero-order valence-electron chi connectivity index (χ0n) is 9.95. The molecule has 1 heterocycles. The first-order valence-electron chi connectivity index (χ1n) is 5.40. The topological polar surface area (TPSA) is 62.2 Å². The van der Waals surface area contributed by atoms with Gasteiger partial charge in [0.2, 0.25) is 0 Å². The first-order valence-corrected chi connectivity index (χ1v) is 6.57. The molecule has 1 amide bonds. The third-order valence-corrected chi connectivity index (χ3v) is 3.39. The van der Waals surface area contributed by atoms with E-state index in [4.69, 9.17) is 11.6 Å². The van der Waals surface area contributed by atoms with Crippen LogP contribution in [0.4, 0.5) is 5.69 Å². The van der Waals surface area contributed by atoms with Gasteiger partial charge in [-0.2, -0.15) is 0 Å². The molecule has 4 nitrogen and oxygen atoms in total. The molecule has 0 spiro atoms. The highest BCUT2D eigenvalue weighted by Gasteiger charge is 2.10. The molecule has 0 aliphatic carbocycles. The van der Waals surface area contributed by atoms with Gasteiger partial charge in [0, 0.05) is 5.56 Å². The number of phenols is 1. The standard InChI is InChI=1S/C13H10BrClN2O2/c1-7-10(4-5-12(15)16-7)17-13(19)8-2-3-9(14)11(18)6-8/h2-6,18H,1H3,(H,17,19). The molecule has 19 heavy (non-hydrogen) atoms. The second-order valence-corrected chi connectivity index (χ2v) is 5.13. The number of phenolic OH excluding ortho intramolecular Hbond substituents is 1. The lowest BCUT2D eigenvalue weighted by molar-refractivity contribution is 0.102. The van der Waals surface area contributed by atoms with Crippen LogP contribution in [0.2, 0.25) is 5.15 Å². The molecule has 2 N–H and O–H groups in total. The van der Waals surface area contributed by atoms with Gasteiger partial charge in [-0.15, -0.1) is 0 Å². The quantitative estimate of drug-likeness (QED) is 0.818. The van der Waals surface area contributed by atoms with E-state index in [1.807, 2.05) is 0 Å². The Hall–Kier alpha value is -1.59. The molecule has 2 rings (SSSR count). The van der Waals surface area contributed by atoms with Crippen LogP contribution in [0.1, 0.15) is 16.1 Å². The fourth-order valence-electron chi connectivity index (χ4n) is 1.51. The summed E-state index contributed by atoms with van der Waals surface area (Å²) in [5, 5.41) is 12.6. The predicted octanol–water partition coefficient (Wildman–Crippen LogP) is 3.76. The molecule has 0 saturated heterocycles. The van der Waals surface area contributed by atoms with Gasteiger partial charge in [-0.3, -0.25) is 4.79 Å². The summed E-state index contributed by atoms with van der Waals surface area (Å²) in [4.78, 5) is 16.1. The number of nitrogens with zero attached hydrogens (tertiary/aromatic N) is 1. The molecule has 6 heteroatoms. The number of amides is 1. The molecular weight excluding hydrogens is 332 g/mol. The summed E-state index contributed by atoms with van der Waals surface area (Å²) in [7, 11) is 0. The number of halogens is 2. The number of pyridine rings is 1. The van der Waals surface area contributed by atoms with Crippen molar-refractivity contribution in [1.29, 1.82) is 0 Å². The fourth-order valence-corrected chi connectivity index (χ4v) is 1.95. The maximum Gasteiger partial charge on any atom is 0.255 e. The first-order chi connectivity index (χ1) is 8.97. The Labute approximate surface area is 123 Å². The molecule has 1 aromatic carbocycles. The van der Waals surface area contributed by atoms with Crippen LogP contribution in [0.5, 0.6) is 5.75 Å². The number of aromatic nitrogens is 1. The molecule has 0 aliphatic rings. The van der Waals surface area contributed by atoms with Crippen molar-refractivity contribution in [2.45, 2.75) is 6.92 Å². The van der Waals surface area contributed by atoms with Gasteiger partial charge in [0.1, 0.15) is 10.9 Å². The van der Waals surface area contributed by atoms with Crippen molar-refractivity contribution in [3.05, 3.63) is 51.2 Å². The largest absolute Gasteiger partial charge is 0.507 e. The van der Waals surface area contributed by atoms with Crippen molar-refractivity contribution in [2.24, 2.45) is 0 Å². The fraction of sp³-hybridized carbons (Fsp3) is 0.0769. The smallest absolute Gasteiger partial charge is 0.255 e. The molecule has 0 aliphatic heterocycles. The maximum absolute atomic E-state index is 12.0. The van der Waals surface area contributed by atoms with E-state index in [2.05, 4.69) is 26.2 Å². The van der Waals surface area contributed by atoms with Crippen molar-refractivity contribution in [3.8, 4) is 5.75 Å². The van der Waals surface area contributed by atoms with Crippen molar-refractivity contribution < 1.29 is 9.90 Å². The molecule has 0 unspecified atom stereocenters. The third-order valence-electron chi connectivity index (χ3n) is 2.51. The summed E-state index contributed by atoms with van der Waals surface area (Å²) in [5.74, 6) is -0.311. The number of benzene rings is 1. The Morgan fingerprint density at radius 3 is 2.74 bits per heavy atom. The number of hydrogen-bond donors (Lipinski definition) is 2. The van der Waals surface area contributed by atoms with Gasteiger partial charge in [-0.1, -0.05) is 11.6 Å². The molecule has 0 fully saturated rings. The van der Waals surface area contributed by atoms with Gasteiger partial charge >= 0.3 is 0 Å². The number of carbonyl (C=O) groups excluding carboxylic acids is 1. The van der Waals surface area contributed by atoms with Crippen LogP contribution >= 0.6 is 27.5 Å². The molecule has 0 radical (unpaired) electrons. The monoisotopic (exact) mass is 340 g/mol. The van der Waals surface area contributed by atoms with Gasteiger partial charge in [0.25, 0.3) is 5.91 Å². The number of anilines is 1. The van der Waals surface area contributed by atoms with Crippen LogP contribution in [0, 0.1) is 6.92 Å². The Kier molecular flexibility index (Phi) is 4.07. The van der Waals surface area contributed by atoms with Crippen molar-refractivity contribution in [3.63, 3.8) is 0 Å². The van der Waals surface area contributed by atoms with Gasteiger partial charge in [0.05, 0.1) is 15.9 Å². The SMILES string of the molecule is Cc1nc(Cl)ccc1NC(=O)c1ccc(Br)c(O)c1. The maximum atomic E-state index is 12.0. The van der Waals surface area contributed by atoms with E-state index in [1.165, 1.54) is 6.07 Å². The average molecular weight is 342 g/mol. The molecule has 98 valence electrons. The summed E-state index contributed by atoms with van der Waals surface area (Å²) in [5.41, 5.74) is 1.56. The number of aromatic hydroxyl groups is 1. The second-order valence-electron chi connectivity index (χ2n) is 3.89. The summed E-state index contributed by atoms with van der Waals surface area (Å²) >= 11 is 8.91. The summed E-state index contributed by atoms with van der Waals surface area (Å²) in [6.07, 6.45) is 0. The van der Waals surface area contributed by atoms with Crippen molar-refractivity contribution in [2.75, 3.05) is 5.32 Å². The van der Waals surface area contributed by atoms with Crippen LogP contribution < -0.4 is 5.32 Å². The van der Waals surface area contributed by atoms with E-state index in [-0.39, 0.29) is 11.7 Å². The van der Waals surface area contributed by atoms with Crippen LogP contribution in [-0.2, 0) is 0 Å². The zero-order valence-corrected chi connectivity index (χ0v) is 12.3. The number of rotatable bonds is 2. The van der Waals surface area contributed by atoms with Crippen molar-refractivity contribution >= 4 is 39.1 Å². The Morgan fingerprint density at radius 1 is 1.37 bits per heavy atom. The zero-order chi connectivity index (χ0) is 14.0. The lowest BCUT2D eigenvalue weighted by Crippen LogP contribution is -2.13. The van der Waals surface area contributed by atoms with E-state index in [1.54, 1.807) is 31.2 Å². The Bertz CT molecular complexity index is 647. The Balaban J connectivity index is 2.23. The summed E-state index contributed by atoms with van der Waals surface area (Å²) in [6, 6.07) is 7.89. The van der Waals surface area contributed by atoms with E-state index in [9.17, 15) is 9.90 Å². The molecular formula is C13H10BrClN2O2. The van der Waals surface area contributed by atoms with Gasteiger partial charge in [-0.25, -0.2) is 4.98 Å². The van der Waals surface area contributed by atoms with Crippen LogP contribution in [0.3, 0.4) is 0 Å². The van der Waals surface area contributed by atoms with Crippen molar-refractivity contribution in [1.82, 2.24) is 4.98 Å². The minimum Gasteiger partial charge on any atom is -0.507 e. The molecule has 0 saturated carbocycles. The normalized spacial score (nSPS) is 10.3. The highest BCUT2D eigenvalue weighted by atomic mass is 79.9. The van der Waals surface area contributed by atoms with Gasteiger partial charge < -0.3 is 10.4 Å². The lowest BCUT2D eigenvalue weighted by Gasteiger charge is -2.08. The highest BCUT2D eigenvalue weighted by molar-refractivity contribution is 9.10. The average Bonchev–Trinajstić information content (AvgIpc) is 2.36. The van der Waals surface area contributed by atoms with Crippen LogP contribution in [0.25, 0.3) is 0 Å². The number of nitrogens with one attached hydrogen (secondary N) is 1. The number of carbonyl (C=O) groups is 1. The van der Waals surface area contributed by atoms with E-state index >= 15 is 0 Å². The van der Waals surface area contributed by atoms with E-state index in [0.29, 0.717) is 26.6 Å². The molecule has 1 aromatic heterocycles. The molecule has 0 atom stereocenters. The third kappa shape index (κ3) is 3.24.